The summed E-state index contributed by atoms with van der Waals surface area (Å²) in [7, 11) is -0.533. The van der Waals surface area contributed by atoms with Crippen molar-refractivity contribution in [2.75, 3.05) is 12.3 Å². The molecule has 1 aromatic carbocycles. The van der Waals surface area contributed by atoms with Gasteiger partial charge < -0.3 is 20.4 Å². The van der Waals surface area contributed by atoms with Crippen LogP contribution in [-0.2, 0) is 14.1 Å². The van der Waals surface area contributed by atoms with Gasteiger partial charge in [-0.15, -0.1) is 0 Å². The van der Waals surface area contributed by atoms with Gasteiger partial charge in [-0.25, -0.2) is 0 Å². The Kier molecular flexibility index (Phi) is 4.58. The molecule has 0 spiro atoms. The summed E-state index contributed by atoms with van der Waals surface area (Å²) in [4.78, 5) is 11.4. The van der Waals surface area contributed by atoms with Crippen LogP contribution >= 0.6 is 0 Å². The predicted molar refractivity (Wildman–Crippen MR) is 103 cm³/mol. The Bertz CT molecular complexity index is 856. The molecule has 1 fully saturated rings. The summed E-state index contributed by atoms with van der Waals surface area (Å²) in [6, 6.07) is 5.82. The van der Waals surface area contributed by atoms with Crippen molar-refractivity contribution in [3.63, 3.8) is 0 Å². The van der Waals surface area contributed by atoms with E-state index in [1.165, 1.54) is 6.92 Å². The molecule has 1 aliphatic rings. The second kappa shape index (κ2) is 6.44. The molecule has 2 aromatic rings. The van der Waals surface area contributed by atoms with E-state index in [9.17, 15) is 4.79 Å². The molecule has 1 amide bonds. The van der Waals surface area contributed by atoms with Crippen molar-refractivity contribution >= 4 is 35.8 Å². The smallest absolute Gasteiger partial charge is 0.400 e. The Hall–Kier alpha value is -2.32. The third-order valence-electron chi connectivity index (χ3n) is 5.07. The molecule has 2 heterocycles. The molecule has 3 rings (SSSR count). The normalized spacial score (nSPS) is 19.1. The zero-order chi connectivity index (χ0) is 19.1. The molecule has 0 unspecified atom stereocenters. The molecule has 26 heavy (non-hydrogen) atoms. The average Bonchev–Trinajstić information content (AvgIpc) is 3.00. The lowest BCUT2D eigenvalue weighted by molar-refractivity contribution is -0.118. The molecule has 1 aliphatic heterocycles. The summed E-state index contributed by atoms with van der Waals surface area (Å²) >= 11 is 0. The number of anilines is 1. The topological polar surface area (TPSA) is 102 Å². The van der Waals surface area contributed by atoms with Crippen LogP contribution in [0.3, 0.4) is 0 Å². The number of hydrogen-bond donors (Lipinski definition) is 3. The monoisotopic (exact) mass is 356 g/mol. The van der Waals surface area contributed by atoms with Gasteiger partial charge in [-0.2, -0.15) is 5.10 Å². The fourth-order valence-electron chi connectivity index (χ4n) is 2.79. The molecule has 4 N–H and O–H groups in total. The van der Waals surface area contributed by atoms with Gasteiger partial charge in [-0.1, -0.05) is 12.1 Å². The number of aromatic nitrogens is 2. The standard InChI is InChI=1S/C18H25BN4O3/c1-11(24)21-10-13(19-25-17(2,3)18(4,5)26-19)8-12-6-7-14-15(9-12)22-23-16(14)20/h6-9H,10H2,1-5H3,(H,21,24)(H3,20,22,23). The van der Waals surface area contributed by atoms with Crippen molar-refractivity contribution in [1.82, 2.24) is 15.5 Å². The second-order valence-corrected chi connectivity index (χ2v) is 7.63. The van der Waals surface area contributed by atoms with Gasteiger partial charge in [0.25, 0.3) is 0 Å². The molecular formula is C18H25BN4O3. The van der Waals surface area contributed by atoms with E-state index in [-0.39, 0.29) is 5.91 Å². The number of nitrogens with two attached hydrogens (primary N) is 1. The Labute approximate surface area is 153 Å². The van der Waals surface area contributed by atoms with Gasteiger partial charge in [0.2, 0.25) is 5.91 Å². The van der Waals surface area contributed by atoms with E-state index in [1.807, 2.05) is 52.0 Å². The van der Waals surface area contributed by atoms with Crippen LogP contribution in [-0.4, -0.2) is 41.0 Å². The Morgan fingerprint density at radius 2 is 1.96 bits per heavy atom. The van der Waals surface area contributed by atoms with Gasteiger partial charge in [0.1, 0.15) is 0 Å². The summed E-state index contributed by atoms with van der Waals surface area (Å²) in [6.45, 7) is 9.84. The number of benzene rings is 1. The minimum Gasteiger partial charge on any atom is -0.400 e. The first kappa shape index (κ1) is 18.5. The maximum Gasteiger partial charge on any atom is 0.492 e. The molecule has 0 radical (unpaired) electrons. The van der Waals surface area contributed by atoms with Crippen LogP contribution in [0.2, 0.25) is 0 Å². The number of amides is 1. The number of nitrogens with one attached hydrogen (secondary N) is 2. The summed E-state index contributed by atoms with van der Waals surface area (Å²) in [5, 5.41) is 10.6. The van der Waals surface area contributed by atoms with Crippen molar-refractivity contribution in [2.45, 2.75) is 45.8 Å². The van der Waals surface area contributed by atoms with Crippen molar-refractivity contribution in [3.8, 4) is 0 Å². The maximum atomic E-state index is 11.4. The van der Waals surface area contributed by atoms with Crippen molar-refractivity contribution in [3.05, 3.63) is 29.2 Å². The number of aromatic amines is 1. The van der Waals surface area contributed by atoms with Crippen LogP contribution in [0, 0.1) is 0 Å². The van der Waals surface area contributed by atoms with E-state index in [2.05, 4.69) is 15.5 Å². The van der Waals surface area contributed by atoms with Gasteiger partial charge in [0.15, 0.2) is 5.82 Å². The second-order valence-electron chi connectivity index (χ2n) is 7.63. The molecule has 1 aromatic heterocycles. The van der Waals surface area contributed by atoms with Crippen LogP contribution in [0.15, 0.2) is 23.7 Å². The molecule has 7 nitrogen and oxygen atoms in total. The zero-order valence-corrected chi connectivity index (χ0v) is 15.8. The Morgan fingerprint density at radius 3 is 2.58 bits per heavy atom. The first-order valence-corrected chi connectivity index (χ1v) is 8.63. The third kappa shape index (κ3) is 3.47. The molecular weight excluding hydrogens is 331 g/mol. The highest BCUT2D eigenvalue weighted by atomic mass is 16.7. The van der Waals surface area contributed by atoms with Crippen molar-refractivity contribution in [2.24, 2.45) is 0 Å². The van der Waals surface area contributed by atoms with Gasteiger partial charge >= 0.3 is 7.12 Å². The minimum absolute atomic E-state index is 0.107. The molecule has 0 aliphatic carbocycles. The van der Waals surface area contributed by atoms with Crippen LogP contribution in [0.1, 0.15) is 40.2 Å². The number of nitrogens with zero attached hydrogens (tertiary/aromatic N) is 1. The first-order chi connectivity index (χ1) is 12.1. The average molecular weight is 356 g/mol. The van der Waals surface area contributed by atoms with E-state index in [4.69, 9.17) is 15.0 Å². The van der Waals surface area contributed by atoms with Gasteiger partial charge in [-0.05, 0) is 50.9 Å². The third-order valence-corrected chi connectivity index (χ3v) is 5.07. The first-order valence-electron chi connectivity index (χ1n) is 8.63. The van der Waals surface area contributed by atoms with Gasteiger partial charge in [0, 0.05) is 18.9 Å². The number of hydrogen-bond acceptors (Lipinski definition) is 5. The van der Waals surface area contributed by atoms with Gasteiger partial charge in [-0.3, -0.25) is 9.89 Å². The zero-order valence-electron chi connectivity index (χ0n) is 15.8. The fraction of sp³-hybridized carbons (Fsp3) is 0.444. The van der Waals surface area contributed by atoms with Crippen molar-refractivity contribution in [1.29, 1.82) is 0 Å². The number of H-pyrrole nitrogens is 1. The molecule has 8 heteroatoms. The molecule has 138 valence electrons. The van der Waals surface area contributed by atoms with Crippen LogP contribution in [0.25, 0.3) is 17.0 Å². The minimum atomic E-state index is -0.533. The highest BCUT2D eigenvalue weighted by Gasteiger charge is 2.52. The quantitative estimate of drug-likeness (QED) is 0.730. The number of carbonyl (C=O) groups excluding carboxylic acids is 1. The molecule has 0 saturated carbocycles. The fourth-order valence-corrected chi connectivity index (χ4v) is 2.79. The predicted octanol–water partition coefficient (Wildman–Crippen LogP) is 2.30. The summed E-state index contributed by atoms with van der Waals surface area (Å²) in [5.74, 6) is 0.365. The highest BCUT2D eigenvalue weighted by molar-refractivity contribution is 6.56. The van der Waals surface area contributed by atoms with E-state index >= 15 is 0 Å². The lowest BCUT2D eigenvalue weighted by Gasteiger charge is -2.32. The summed E-state index contributed by atoms with van der Waals surface area (Å²) in [6.07, 6.45) is 1.97. The van der Waals surface area contributed by atoms with Gasteiger partial charge in [0.05, 0.1) is 16.7 Å². The van der Waals surface area contributed by atoms with Crippen LogP contribution in [0.4, 0.5) is 5.82 Å². The lowest BCUT2D eigenvalue weighted by atomic mass is 9.77. The lowest BCUT2D eigenvalue weighted by Crippen LogP contribution is -2.41. The van der Waals surface area contributed by atoms with Crippen molar-refractivity contribution < 1.29 is 14.1 Å². The number of rotatable bonds is 4. The summed E-state index contributed by atoms with van der Waals surface area (Å²) in [5.41, 5.74) is 7.55. The van der Waals surface area contributed by atoms with Crippen LogP contribution in [0.5, 0.6) is 0 Å². The van der Waals surface area contributed by atoms with E-state index < -0.39 is 18.3 Å². The maximum absolute atomic E-state index is 11.4. The molecule has 0 bridgehead atoms. The van der Waals surface area contributed by atoms with Crippen LogP contribution < -0.4 is 11.1 Å². The number of carbonyl (C=O) groups is 1. The molecule has 0 atom stereocenters. The molecule has 1 saturated heterocycles. The Balaban J connectivity index is 1.94. The van der Waals surface area contributed by atoms with E-state index in [1.54, 1.807) is 0 Å². The summed E-state index contributed by atoms with van der Waals surface area (Å²) < 4.78 is 12.3. The number of nitrogen functional groups attached to an aromatic ring is 1. The van der Waals surface area contributed by atoms with E-state index in [0.717, 1.165) is 21.9 Å². The highest BCUT2D eigenvalue weighted by Crippen LogP contribution is 2.38. The number of fused-ring (bicyclic) bond motifs is 1. The SMILES string of the molecule is CC(=O)NCC(=Cc1ccc2c(N)n[nH]c2c1)B1OC(C)(C)C(C)(C)O1. The largest absolute Gasteiger partial charge is 0.492 e. The Morgan fingerprint density at radius 1 is 1.31 bits per heavy atom. The van der Waals surface area contributed by atoms with E-state index in [0.29, 0.717) is 12.4 Å².